The normalized spacial score (nSPS) is 10.3. The summed E-state index contributed by atoms with van der Waals surface area (Å²) in [4.78, 5) is 28.9. The molecule has 0 saturated heterocycles. The third kappa shape index (κ3) is 5.65. The molecule has 0 unspecified atom stereocenters. The molecule has 0 spiro atoms. The second-order valence-corrected chi connectivity index (χ2v) is 6.61. The van der Waals surface area contributed by atoms with E-state index < -0.39 is 0 Å². The number of carbonyl (C=O) groups is 2. The Morgan fingerprint density at radius 1 is 1.00 bits per heavy atom. The molecule has 6 heteroatoms. The lowest BCUT2D eigenvalue weighted by Gasteiger charge is -2.08. The van der Waals surface area contributed by atoms with Gasteiger partial charge in [-0.15, -0.1) is 0 Å². The van der Waals surface area contributed by atoms with E-state index in [-0.39, 0.29) is 17.5 Å². The monoisotopic (exact) mass is 389 g/mol. The Kier molecular flexibility index (Phi) is 6.58. The Morgan fingerprint density at radius 3 is 2.52 bits per heavy atom. The van der Waals surface area contributed by atoms with Crippen molar-refractivity contribution in [2.24, 2.45) is 0 Å². The van der Waals surface area contributed by atoms with Crippen LogP contribution in [0.1, 0.15) is 32.0 Å². The molecule has 29 heavy (non-hydrogen) atoms. The summed E-state index contributed by atoms with van der Waals surface area (Å²) in [5.74, 6) is 0.191. The van der Waals surface area contributed by atoms with Crippen molar-refractivity contribution < 1.29 is 14.3 Å². The third-order valence-corrected chi connectivity index (χ3v) is 4.39. The molecule has 3 aromatic rings. The lowest BCUT2D eigenvalue weighted by Crippen LogP contribution is -2.27. The smallest absolute Gasteiger partial charge is 0.269 e. The number of aromatic nitrogens is 1. The number of hydrogen-bond acceptors (Lipinski definition) is 4. The highest BCUT2D eigenvalue weighted by molar-refractivity contribution is 6.05. The summed E-state index contributed by atoms with van der Waals surface area (Å²) < 4.78 is 5.13. The highest BCUT2D eigenvalue weighted by Gasteiger charge is 2.12. The lowest BCUT2D eigenvalue weighted by atomic mass is 10.1. The Labute approximate surface area is 169 Å². The predicted molar refractivity (Wildman–Crippen MR) is 112 cm³/mol. The van der Waals surface area contributed by atoms with Gasteiger partial charge < -0.3 is 15.4 Å². The van der Waals surface area contributed by atoms with E-state index in [2.05, 4.69) is 15.6 Å². The first-order chi connectivity index (χ1) is 14.0. The van der Waals surface area contributed by atoms with Gasteiger partial charge in [-0.05, 0) is 60.9 Å². The number of hydrogen-bond donors (Lipinski definition) is 2. The highest BCUT2D eigenvalue weighted by atomic mass is 16.5. The molecule has 6 nitrogen and oxygen atoms in total. The molecule has 2 amide bonds. The maximum Gasteiger partial charge on any atom is 0.269 e. The summed E-state index contributed by atoms with van der Waals surface area (Å²) in [6, 6.07) is 18.3. The average Bonchev–Trinajstić information content (AvgIpc) is 2.74. The second kappa shape index (κ2) is 9.50. The summed E-state index contributed by atoms with van der Waals surface area (Å²) in [5, 5.41) is 5.67. The molecule has 2 N–H and O–H groups in total. The van der Waals surface area contributed by atoms with Crippen molar-refractivity contribution in [2.75, 3.05) is 19.0 Å². The molecule has 1 aromatic heterocycles. The lowest BCUT2D eigenvalue weighted by molar-refractivity contribution is 0.0949. The molecule has 0 radical (unpaired) electrons. The summed E-state index contributed by atoms with van der Waals surface area (Å²) in [6.45, 7) is 2.42. The number of rotatable bonds is 7. The van der Waals surface area contributed by atoms with Gasteiger partial charge in [0.2, 0.25) is 0 Å². The van der Waals surface area contributed by atoms with Crippen molar-refractivity contribution in [3.8, 4) is 5.75 Å². The maximum atomic E-state index is 12.5. The molecule has 2 aromatic carbocycles. The zero-order valence-electron chi connectivity index (χ0n) is 16.4. The van der Waals surface area contributed by atoms with Crippen LogP contribution in [0.5, 0.6) is 5.75 Å². The first kappa shape index (κ1) is 20.1. The van der Waals surface area contributed by atoms with Gasteiger partial charge in [0.15, 0.2) is 0 Å². The number of carbonyl (C=O) groups excluding carboxylic acids is 2. The van der Waals surface area contributed by atoms with Crippen LogP contribution in [-0.4, -0.2) is 30.5 Å². The van der Waals surface area contributed by atoms with Crippen LogP contribution >= 0.6 is 0 Å². The second-order valence-electron chi connectivity index (χ2n) is 6.61. The molecule has 0 aliphatic carbocycles. The van der Waals surface area contributed by atoms with Crippen LogP contribution in [0.15, 0.2) is 66.9 Å². The maximum absolute atomic E-state index is 12.5. The minimum Gasteiger partial charge on any atom is -0.497 e. The number of methoxy groups -OCH3 is 1. The molecule has 0 saturated carbocycles. The molecular formula is C23H23N3O3. The number of benzene rings is 2. The Hall–Kier alpha value is -3.67. The van der Waals surface area contributed by atoms with E-state index >= 15 is 0 Å². The molecule has 148 valence electrons. The van der Waals surface area contributed by atoms with E-state index in [1.165, 1.54) is 12.3 Å². The van der Waals surface area contributed by atoms with Crippen LogP contribution in [0.4, 0.5) is 5.69 Å². The fourth-order valence-electron chi connectivity index (χ4n) is 2.83. The van der Waals surface area contributed by atoms with Gasteiger partial charge in [-0.2, -0.15) is 0 Å². The van der Waals surface area contributed by atoms with Crippen molar-refractivity contribution in [2.45, 2.75) is 13.3 Å². The molecule has 3 rings (SSSR count). The van der Waals surface area contributed by atoms with Gasteiger partial charge in [0.05, 0.1) is 7.11 Å². The van der Waals surface area contributed by atoms with Crippen molar-refractivity contribution in [1.29, 1.82) is 0 Å². The Morgan fingerprint density at radius 2 is 1.79 bits per heavy atom. The summed E-state index contributed by atoms with van der Waals surface area (Å²) in [6.07, 6.45) is 2.15. The first-order valence-electron chi connectivity index (χ1n) is 9.30. The SMILES string of the molecule is COc1ccc(CCNC(=O)c2cc(C(=O)Nc3cccc(C)c3)ccn2)cc1. The van der Waals surface area contributed by atoms with E-state index in [4.69, 9.17) is 4.74 Å². The number of aryl methyl sites for hydroxylation is 1. The van der Waals surface area contributed by atoms with Crippen LogP contribution in [0.2, 0.25) is 0 Å². The fraction of sp³-hybridized carbons (Fsp3) is 0.174. The summed E-state index contributed by atoms with van der Waals surface area (Å²) in [7, 11) is 1.62. The molecule has 0 fully saturated rings. The molecule has 0 aliphatic rings. The Bertz CT molecular complexity index is 1000. The highest BCUT2D eigenvalue weighted by Crippen LogP contribution is 2.13. The van der Waals surface area contributed by atoms with Crippen molar-refractivity contribution in [3.63, 3.8) is 0 Å². The number of pyridine rings is 1. The van der Waals surface area contributed by atoms with E-state index in [9.17, 15) is 9.59 Å². The van der Waals surface area contributed by atoms with Crippen LogP contribution in [0.3, 0.4) is 0 Å². The standard InChI is InChI=1S/C23H23N3O3/c1-16-4-3-5-19(14-16)26-22(27)18-11-13-24-21(15-18)23(28)25-12-10-17-6-8-20(29-2)9-7-17/h3-9,11,13-15H,10,12H2,1-2H3,(H,25,28)(H,26,27). The van der Waals surface area contributed by atoms with E-state index in [0.717, 1.165) is 16.9 Å². The van der Waals surface area contributed by atoms with Gasteiger partial charge in [0.1, 0.15) is 11.4 Å². The first-order valence-corrected chi connectivity index (χ1v) is 9.30. The fourth-order valence-corrected chi connectivity index (χ4v) is 2.83. The largest absolute Gasteiger partial charge is 0.497 e. The average molecular weight is 389 g/mol. The van der Waals surface area contributed by atoms with Crippen LogP contribution in [-0.2, 0) is 6.42 Å². The minimum atomic E-state index is -0.316. The van der Waals surface area contributed by atoms with Gasteiger partial charge in [0, 0.05) is 24.0 Å². The third-order valence-electron chi connectivity index (χ3n) is 4.39. The summed E-state index contributed by atoms with van der Waals surface area (Å²) in [5.41, 5.74) is 3.43. The van der Waals surface area contributed by atoms with Gasteiger partial charge in [-0.3, -0.25) is 14.6 Å². The molecule has 0 aliphatic heterocycles. The molecular weight excluding hydrogens is 366 g/mol. The topological polar surface area (TPSA) is 80.3 Å². The van der Waals surface area contributed by atoms with Gasteiger partial charge in [-0.25, -0.2) is 0 Å². The number of amides is 2. The van der Waals surface area contributed by atoms with Crippen molar-refractivity contribution in [3.05, 3.63) is 89.2 Å². The van der Waals surface area contributed by atoms with Crippen molar-refractivity contribution >= 4 is 17.5 Å². The zero-order chi connectivity index (χ0) is 20.6. The summed E-state index contributed by atoms with van der Waals surface area (Å²) >= 11 is 0. The number of ether oxygens (including phenoxy) is 1. The molecule has 0 bridgehead atoms. The van der Waals surface area contributed by atoms with Gasteiger partial charge >= 0.3 is 0 Å². The number of nitrogens with zero attached hydrogens (tertiary/aromatic N) is 1. The quantitative estimate of drug-likeness (QED) is 0.647. The van der Waals surface area contributed by atoms with Crippen molar-refractivity contribution in [1.82, 2.24) is 10.3 Å². The molecule has 1 heterocycles. The Balaban J connectivity index is 1.57. The van der Waals surface area contributed by atoms with Gasteiger partial charge in [0.25, 0.3) is 11.8 Å². The number of anilines is 1. The predicted octanol–water partition coefficient (Wildman–Crippen LogP) is 3.62. The van der Waals surface area contributed by atoms with Crippen LogP contribution in [0, 0.1) is 6.92 Å². The van der Waals surface area contributed by atoms with Crippen LogP contribution < -0.4 is 15.4 Å². The number of nitrogens with one attached hydrogen (secondary N) is 2. The van der Waals surface area contributed by atoms with E-state index in [1.54, 1.807) is 13.2 Å². The minimum absolute atomic E-state index is 0.205. The molecule has 0 atom stereocenters. The van der Waals surface area contributed by atoms with E-state index in [0.29, 0.717) is 24.2 Å². The van der Waals surface area contributed by atoms with Crippen LogP contribution in [0.25, 0.3) is 0 Å². The van der Waals surface area contributed by atoms with E-state index in [1.807, 2.05) is 55.5 Å². The zero-order valence-corrected chi connectivity index (χ0v) is 16.4. The van der Waals surface area contributed by atoms with Gasteiger partial charge in [-0.1, -0.05) is 24.3 Å².